The molecule has 0 bridgehead atoms. The van der Waals surface area contributed by atoms with Crippen LogP contribution in [0.25, 0.3) is 0 Å². The number of rotatable bonds is 11. The normalized spacial score (nSPS) is 12.0. The first kappa shape index (κ1) is 25.7. The Hall–Kier alpha value is -2.88. The van der Waals surface area contributed by atoms with Gasteiger partial charge in [0.15, 0.2) is 5.03 Å². The van der Waals surface area contributed by atoms with Gasteiger partial charge in [-0.2, -0.15) is 9.40 Å². The highest BCUT2D eigenvalue weighted by Gasteiger charge is 2.29. The molecule has 1 heterocycles. The van der Waals surface area contributed by atoms with Gasteiger partial charge in [-0.05, 0) is 56.3 Å². The molecule has 3 rings (SSSR count). The summed E-state index contributed by atoms with van der Waals surface area (Å²) in [7, 11) is 3.12. The van der Waals surface area contributed by atoms with Gasteiger partial charge in [0.25, 0.3) is 10.0 Å². The fourth-order valence-electron chi connectivity index (χ4n) is 3.42. The smallest absolute Gasteiger partial charge is 0.262 e. The maximum atomic E-state index is 13.8. The van der Waals surface area contributed by atoms with Crippen LogP contribution in [0.4, 0.5) is 0 Å². The summed E-state index contributed by atoms with van der Waals surface area (Å²) in [6.07, 6.45) is 0. The Balaban J connectivity index is 1.94. The van der Waals surface area contributed by atoms with E-state index in [1.54, 1.807) is 32.0 Å². The standard InChI is InChI=1S/C25H34N4O4S/c1-19(2)27(3)18-22-15-25(26-28(22)4)34(30,31)29(16-20-7-11-23(32-5)12-8-20)17-21-9-13-24(33-6)14-10-21/h7-15,19H,16-18H2,1-6H3. The van der Waals surface area contributed by atoms with Crippen molar-refractivity contribution in [2.75, 3.05) is 21.3 Å². The van der Waals surface area contributed by atoms with Crippen LogP contribution >= 0.6 is 0 Å². The van der Waals surface area contributed by atoms with Crippen LogP contribution in [0.1, 0.15) is 30.7 Å². The zero-order valence-corrected chi connectivity index (χ0v) is 21.5. The third-order valence-electron chi connectivity index (χ3n) is 5.89. The zero-order chi connectivity index (χ0) is 24.9. The van der Waals surface area contributed by atoms with Crippen molar-refractivity contribution in [3.05, 3.63) is 71.4 Å². The molecule has 34 heavy (non-hydrogen) atoms. The molecule has 0 saturated carbocycles. The van der Waals surface area contributed by atoms with E-state index in [4.69, 9.17) is 9.47 Å². The molecular formula is C25H34N4O4S. The van der Waals surface area contributed by atoms with Crippen molar-refractivity contribution in [2.24, 2.45) is 7.05 Å². The molecular weight excluding hydrogens is 452 g/mol. The fourth-order valence-corrected chi connectivity index (χ4v) is 4.83. The number of sulfonamides is 1. The SMILES string of the molecule is COc1ccc(CN(Cc2ccc(OC)cc2)S(=O)(=O)c2cc(CN(C)C(C)C)n(C)n2)cc1. The monoisotopic (exact) mass is 486 g/mol. The van der Waals surface area contributed by atoms with Gasteiger partial charge in [-0.25, -0.2) is 8.42 Å². The molecule has 0 atom stereocenters. The number of nitrogens with zero attached hydrogens (tertiary/aromatic N) is 4. The molecule has 0 radical (unpaired) electrons. The molecule has 0 aliphatic heterocycles. The number of hydrogen-bond donors (Lipinski definition) is 0. The van der Waals surface area contributed by atoms with E-state index in [2.05, 4.69) is 23.8 Å². The second kappa shape index (κ2) is 11.0. The van der Waals surface area contributed by atoms with Crippen molar-refractivity contribution < 1.29 is 17.9 Å². The lowest BCUT2D eigenvalue weighted by Gasteiger charge is -2.22. The molecule has 0 aliphatic rings. The quantitative estimate of drug-likeness (QED) is 0.412. The van der Waals surface area contributed by atoms with Crippen LogP contribution in [-0.4, -0.2) is 54.7 Å². The Kier molecular flexibility index (Phi) is 8.35. The van der Waals surface area contributed by atoms with Crippen molar-refractivity contribution >= 4 is 10.0 Å². The first-order valence-corrected chi connectivity index (χ1v) is 12.6. The lowest BCUT2D eigenvalue weighted by molar-refractivity contribution is 0.259. The first-order chi connectivity index (χ1) is 16.1. The van der Waals surface area contributed by atoms with Crippen LogP contribution in [0.15, 0.2) is 59.6 Å². The number of aryl methyl sites for hydroxylation is 1. The second-order valence-corrected chi connectivity index (χ2v) is 10.5. The highest BCUT2D eigenvalue weighted by Crippen LogP contribution is 2.23. The number of ether oxygens (including phenoxy) is 2. The van der Waals surface area contributed by atoms with Crippen molar-refractivity contribution in [2.45, 2.75) is 44.5 Å². The van der Waals surface area contributed by atoms with Gasteiger partial charge in [0.2, 0.25) is 0 Å². The first-order valence-electron chi connectivity index (χ1n) is 11.1. The molecule has 0 amide bonds. The van der Waals surface area contributed by atoms with E-state index in [0.717, 1.165) is 28.3 Å². The third-order valence-corrected chi connectivity index (χ3v) is 7.55. The highest BCUT2D eigenvalue weighted by molar-refractivity contribution is 7.89. The Bertz CT molecular complexity index is 1120. The molecule has 0 fully saturated rings. The van der Waals surface area contributed by atoms with E-state index in [0.29, 0.717) is 12.6 Å². The second-order valence-electron chi connectivity index (χ2n) is 8.58. The summed E-state index contributed by atoms with van der Waals surface area (Å²) < 4.78 is 41.1. The Morgan fingerprint density at radius 2 is 1.35 bits per heavy atom. The molecule has 8 nitrogen and oxygen atoms in total. The number of methoxy groups -OCH3 is 2. The van der Waals surface area contributed by atoms with Crippen molar-refractivity contribution in [3.8, 4) is 11.5 Å². The van der Waals surface area contributed by atoms with Crippen LogP contribution in [-0.2, 0) is 36.7 Å². The highest BCUT2D eigenvalue weighted by atomic mass is 32.2. The molecule has 0 saturated heterocycles. The predicted molar refractivity (Wildman–Crippen MR) is 132 cm³/mol. The number of aromatic nitrogens is 2. The number of hydrogen-bond acceptors (Lipinski definition) is 6. The molecule has 9 heteroatoms. The molecule has 184 valence electrons. The van der Waals surface area contributed by atoms with Crippen molar-refractivity contribution in [1.29, 1.82) is 0 Å². The van der Waals surface area contributed by atoms with Crippen LogP contribution in [0.5, 0.6) is 11.5 Å². The zero-order valence-electron chi connectivity index (χ0n) is 20.7. The lowest BCUT2D eigenvalue weighted by atomic mass is 10.2. The summed E-state index contributed by atoms with van der Waals surface area (Å²) in [6.45, 7) is 5.21. The van der Waals surface area contributed by atoms with Crippen LogP contribution in [0.2, 0.25) is 0 Å². The molecule has 2 aromatic carbocycles. The molecule has 0 unspecified atom stereocenters. The van der Waals surface area contributed by atoms with Crippen LogP contribution in [0.3, 0.4) is 0 Å². The maximum absolute atomic E-state index is 13.8. The summed E-state index contributed by atoms with van der Waals surface area (Å²) in [5.41, 5.74) is 2.55. The van der Waals surface area contributed by atoms with Gasteiger partial charge in [0.1, 0.15) is 11.5 Å². The fraction of sp³-hybridized carbons (Fsp3) is 0.400. The summed E-state index contributed by atoms with van der Waals surface area (Å²) in [6, 6.07) is 16.8. The van der Waals surface area contributed by atoms with E-state index < -0.39 is 10.0 Å². The minimum atomic E-state index is -3.87. The van der Waals surface area contributed by atoms with E-state index in [1.807, 2.05) is 55.6 Å². The molecule has 0 aliphatic carbocycles. The van der Waals surface area contributed by atoms with Gasteiger partial charge in [0, 0.05) is 38.8 Å². The van der Waals surface area contributed by atoms with Crippen molar-refractivity contribution in [1.82, 2.24) is 19.0 Å². The number of benzene rings is 2. The Morgan fingerprint density at radius 3 is 1.76 bits per heavy atom. The van der Waals surface area contributed by atoms with Gasteiger partial charge in [-0.1, -0.05) is 24.3 Å². The van der Waals surface area contributed by atoms with E-state index in [1.165, 1.54) is 4.31 Å². The average molecular weight is 487 g/mol. The largest absolute Gasteiger partial charge is 0.497 e. The lowest BCUT2D eigenvalue weighted by Crippen LogP contribution is -2.30. The van der Waals surface area contributed by atoms with Crippen LogP contribution in [0, 0.1) is 0 Å². The van der Waals surface area contributed by atoms with Gasteiger partial charge in [-0.3, -0.25) is 9.58 Å². The van der Waals surface area contributed by atoms with Gasteiger partial charge < -0.3 is 9.47 Å². The maximum Gasteiger partial charge on any atom is 0.262 e. The topological polar surface area (TPSA) is 76.9 Å². The molecule has 0 spiro atoms. The summed E-state index contributed by atoms with van der Waals surface area (Å²) >= 11 is 0. The van der Waals surface area contributed by atoms with E-state index >= 15 is 0 Å². The minimum absolute atomic E-state index is 0.0455. The van der Waals surface area contributed by atoms with Crippen molar-refractivity contribution in [3.63, 3.8) is 0 Å². The summed E-state index contributed by atoms with van der Waals surface area (Å²) in [5.74, 6) is 1.44. The van der Waals surface area contributed by atoms with Gasteiger partial charge in [0.05, 0.1) is 19.9 Å². The average Bonchev–Trinajstić information content (AvgIpc) is 3.20. The summed E-state index contributed by atoms with van der Waals surface area (Å²) in [4.78, 5) is 2.14. The van der Waals surface area contributed by atoms with Gasteiger partial charge >= 0.3 is 0 Å². The predicted octanol–water partition coefficient (Wildman–Crippen LogP) is 3.67. The van der Waals surface area contributed by atoms with Crippen LogP contribution < -0.4 is 9.47 Å². The van der Waals surface area contributed by atoms with E-state index in [9.17, 15) is 8.42 Å². The third kappa shape index (κ3) is 6.16. The Labute approximate surface area is 202 Å². The summed E-state index contributed by atoms with van der Waals surface area (Å²) in [5, 5.41) is 4.42. The van der Waals surface area contributed by atoms with Gasteiger partial charge in [-0.15, -0.1) is 0 Å². The molecule has 3 aromatic rings. The van der Waals surface area contributed by atoms with E-state index in [-0.39, 0.29) is 18.1 Å². The molecule has 1 aromatic heterocycles. The Morgan fingerprint density at radius 1 is 0.882 bits per heavy atom. The molecule has 0 N–H and O–H groups in total. The minimum Gasteiger partial charge on any atom is -0.497 e.